The Labute approximate surface area is 246 Å². The van der Waals surface area contributed by atoms with Crippen LogP contribution in [0.3, 0.4) is 0 Å². The number of rotatable bonds is 11. The van der Waals surface area contributed by atoms with Gasteiger partial charge in [-0.3, -0.25) is 24.1 Å². The van der Waals surface area contributed by atoms with E-state index >= 15 is 0 Å². The molecule has 6 rings (SSSR count). The van der Waals surface area contributed by atoms with Gasteiger partial charge in [0.1, 0.15) is 18.3 Å². The molecule has 228 valence electrons. The first kappa shape index (κ1) is 30.0. The summed E-state index contributed by atoms with van der Waals surface area (Å²) in [7, 11) is 3.15. The highest BCUT2D eigenvalue weighted by molar-refractivity contribution is 5.97. The molecule has 11 heteroatoms. The second-order valence-electron chi connectivity index (χ2n) is 12.6. The number of likely N-dealkylation sites (tertiary alicyclic amines) is 1. The molecule has 0 unspecified atom stereocenters. The Balaban J connectivity index is 1.22. The molecule has 11 nitrogen and oxygen atoms in total. The molecule has 3 amide bonds. The van der Waals surface area contributed by atoms with Crippen LogP contribution in [0.15, 0.2) is 35.3 Å². The van der Waals surface area contributed by atoms with Gasteiger partial charge in [0.25, 0.3) is 5.56 Å². The van der Waals surface area contributed by atoms with Crippen molar-refractivity contribution in [3.63, 3.8) is 0 Å². The van der Waals surface area contributed by atoms with E-state index in [0.29, 0.717) is 24.7 Å². The van der Waals surface area contributed by atoms with Gasteiger partial charge in [0.15, 0.2) is 0 Å². The normalized spacial score (nSPS) is 28.9. The molecule has 5 fully saturated rings. The van der Waals surface area contributed by atoms with Crippen LogP contribution in [0.1, 0.15) is 57.8 Å². The highest BCUT2D eigenvalue weighted by Gasteiger charge is 2.48. The number of nitrogens with zero attached hydrogens (tertiary/aromatic N) is 2. The molecule has 2 heterocycles. The lowest BCUT2D eigenvalue weighted by molar-refractivity contribution is -0.135. The van der Waals surface area contributed by atoms with Crippen LogP contribution in [0.2, 0.25) is 0 Å². The molecule has 1 aromatic rings. The van der Waals surface area contributed by atoms with Crippen molar-refractivity contribution in [1.82, 2.24) is 20.1 Å². The zero-order valence-corrected chi connectivity index (χ0v) is 24.6. The van der Waals surface area contributed by atoms with Crippen LogP contribution in [-0.2, 0) is 30.5 Å². The van der Waals surface area contributed by atoms with Gasteiger partial charge < -0.3 is 25.3 Å². The van der Waals surface area contributed by atoms with Crippen LogP contribution in [0.4, 0.5) is 5.69 Å². The van der Waals surface area contributed by atoms with Crippen molar-refractivity contribution in [3.05, 3.63) is 40.8 Å². The van der Waals surface area contributed by atoms with Crippen LogP contribution < -0.4 is 21.5 Å². The topological polar surface area (TPSA) is 139 Å². The summed E-state index contributed by atoms with van der Waals surface area (Å²) in [4.78, 5) is 66.0. The van der Waals surface area contributed by atoms with Crippen molar-refractivity contribution in [2.24, 2.45) is 23.7 Å². The molecule has 1 saturated heterocycles. The maximum Gasteiger partial charge on any atom is 0.330 e. The van der Waals surface area contributed by atoms with E-state index in [1.807, 2.05) is 11.9 Å². The molecule has 0 aromatic carbocycles. The summed E-state index contributed by atoms with van der Waals surface area (Å²) in [6.07, 6.45) is 12.6. The average Bonchev–Trinajstić information content (AvgIpc) is 3.39. The minimum absolute atomic E-state index is 0.0345. The summed E-state index contributed by atoms with van der Waals surface area (Å²) >= 11 is 0. The molecule has 0 radical (unpaired) electrons. The third-order valence-corrected chi connectivity index (χ3v) is 9.68. The van der Waals surface area contributed by atoms with E-state index in [1.165, 1.54) is 55.9 Å². The number of pyridine rings is 1. The van der Waals surface area contributed by atoms with Crippen molar-refractivity contribution < 1.29 is 23.9 Å². The molecule has 42 heavy (non-hydrogen) atoms. The maximum absolute atomic E-state index is 13.3. The second-order valence-corrected chi connectivity index (χ2v) is 12.6. The molecule has 3 N–H and O–H groups in total. The van der Waals surface area contributed by atoms with E-state index in [-0.39, 0.29) is 42.6 Å². The van der Waals surface area contributed by atoms with Gasteiger partial charge in [-0.15, -0.1) is 0 Å². The Morgan fingerprint density at radius 3 is 2.45 bits per heavy atom. The molecule has 0 spiro atoms. The molecule has 4 saturated carbocycles. The molecule has 1 aliphatic heterocycles. The summed E-state index contributed by atoms with van der Waals surface area (Å²) in [5, 5.41) is 8.73. The number of carbonyl (C=O) groups excluding carboxylic acids is 4. The zero-order valence-electron chi connectivity index (χ0n) is 24.6. The molecule has 5 aliphatic rings. The number of anilines is 1. The summed E-state index contributed by atoms with van der Waals surface area (Å²) in [5.41, 5.74) is -0.454. The molecule has 1 aromatic heterocycles. The van der Waals surface area contributed by atoms with Gasteiger partial charge in [0.2, 0.25) is 17.7 Å². The van der Waals surface area contributed by atoms with Gasteiger partial charge in [-0.05, 0) is 107 Å². The fourth-order valence-electron chi connectivity index (χ4n) is 7.81. The van der Waals surface area contributed by atoms with Crippen molar-refractivity contribution in [3.8, 4) is 0 Å². The largest absolute Gasteiger partial charge is 0.466 e. The van der Waals surface area contributed by atoms with Gasteiger partial charge in [0, 0.05) is 18.3 Å². The highest BCUT2D eigenvalue weighted by Crippen LogP contribution is 2.53. The van der Waals surface area contributed by atoms with E-state index < -0.39 is 23.5 Å². The predicted octanol–water partition coefficient (Wildman–Crippen LogP) is 1.82. The van der Waals surface area contributed by atoms with Crippen molar-refractivity contribution in [2.45, 2.75) is 82.5 Å². The first-order chi connectivity index (χ1) is 20.2. The number of aromatic nitrogens is 1. The Morgan fingerprint density at radius 1 is 1.10 bits per heavy atom. The number of esters is 1. The monoisotopic (exact) mass is 581 g/mol. The summed E-state index contributed by atoms with van der Waals surface area (Å²) in [5.74, 6) is 1.19. The third kappa shape index (κ3) is 6.94. The summed E-state index contributed by atoms with van der Waals surface area (Å²) < 4.78 is 5.91. The van der Waals surface area contributed by atoms with Crippen molar-refractivity contribution in [1.29, 1.82) is 0 Å². The minimum atomic E-state index is -0.929. The number of carbonyl (C=O) groups is 4. The van der Waals surface area contributed by atoms with Crippen LogP contribution in [0, 0.1) is 23.7 Å². The third-order valence-electron chi connectivity index (χ3n) is 9.68. The molecular weight excluding hydrogens is 538 g/mol. The maximum atomic E-state index is 13.3. The first-order valence-corrected chi connectivity index (χ1v) is 15.3. The van der Waals surface area contributed by atoms with Gasteiger partial charge >= 0.3 is 5.97 Å². The quantitative estimate of drug-likeness (QED) is 0.268. The van der Waals surface area contributed by atoms with Crippen LogP contribution in [0.25, 0.3) is 0 Å². The highest BCUT2D eigenvalue weighted by atomic mass is 16.5. The molecule has 4 aliphatic carbocycles. The van der Waals surface area contributed by atoms with Gasteiger partial charge in [-0.1, -0.05) is 6.08 Å². The average molecular weight is 582 g/mol. The van der Waals surface area contributed by atoms with E-state index in [9.17, 15) is 24.0 Å². The smallest absolute Gasteiger partial charge is 0.330 e. The number of nitrogens with one attached hydrogen (secondary N) is 3. The number of hydrogen-bond donors (Lipinski definition) is 3. The van der Waals surface area contributed by atoms with Crippen molar-refractivity contribution in [2.75, 3.05) is 26.0 Å². The van der Waals surface area contributed by atoms with Gasteiger partial charge in [0.05, 0.1) is 13.2 Å². The Hall–Kier alpha value is -3.47. The summed E-state index contributed by atoms with van der Waals surface area (Å²) in [6, 6.07) is 2.04. The number of likely N-dealkylation sites (N-methyl/N-ethyl adjacent to an activating group) is 1. The molecule has 4 bridgehead atoms. The minimum Gasteiger partial charge on any atom is -0.466 e. The van der Waals surface area contributed by atoms with E-state index in [1.54, 1.807) is 18.3 Å². The lowest BCUT2D eigenvalue weighted by atomic mass is 9.54. The Bertz CT molecular complexity index is 1250. The Morgan fingerprint density at radius 2 is 1.81 bits per heavy atom. The fraction of sp³-hybridized carbons (Fsp3) is 0.645. The van der Waals surface area contributed by atoms with Crippen LogP contribution in [-0.4, -0.2) is 72.0 Å². The van der Waals surface area contributed by atoms with Gasteiger partial charge in [-0.2, -0.15) is 0 Å². The van der Waals surface area contributed by atoms with E-state index in [0.717, 1.165) is 24.8 Å². The lowest BCUT2D eigenvalue weighted by Crippen LogP contribution is -2.56. The number of allylic oxidation sites excluding steroid dienone is 1. The van der Waals surface area contributed by atoms with E-state index in [2.05, 4.69) is 20.7 Å². The summed E-state index contributed by atoms with van der Waals surface area (Å²) in [6.45, 7) is 0.675. The number of ether oxygens (including phenoxy) is 1. The first-order valence-electron chi connectivity index (χ1n) is 15.3. The van der Waals surface area contributed by atoms with Gasteiger partial charge in [-0.25, -0.2) is 4.79 Å². The van der Waals surface area contributed by atoms with E-state index in [4.69, 9.17) is 0 Å². The zero-order chi connectivity index (χ0) is 29.8. The second kappa shape index (κ2) is 13.2. The van der Waals surface area contributed by atoms with Crippen molar-refractivity contribution >= 4 is 29.4 Å². The van der Waals surface area contributed by atoms with Crippen LogP contribution >= 0.6 is 0 Å². The number of amides is 3. The predicted molar refractivity (Wildman–Crippen MR) is 156 cm³/mol. The SMILES string of the molecule is COC(=O)/C=C/CC[C@H](NC(=O)[C@@H]1CCCN1C)C(=O)Nc1cccn(CC(=O)NC2C3CC4CC(C3)CC2C4)c1=O. The lowest BCUT2D eigenvalue weighted by Gasteiger charge is -2.54. The number of methoxy groups -OCH3 is 1. The fourth-order valence-corrected chi connectivity index (χ4v) is 7.81. The number of hydrogen-bond acceptors (Lipinski definition) is 7. The Kier molecular flexibility index (Phi) is 9.45. The standard InChI is InChI=1S/C31H43N5O6/c1-35-11-6-9-25(35)30(40)32-23(7-3-4-10-27(38)42-2)29(39)33-24-8-5-12-36(31(24)41)18-26(37)34-28-21-14-19-13-20(16-21)17-22(28)15-19/h4-5,8,10,12,19-23,25,28H,3,6-7,9,11,13-18H2,1-2H3,(H,32,40)(H,33,39)(H,34,37)/b10-4+/t19?,20?,21?,22?,23-,25-,28?/m0/s1. The van der Waals surface area contributed by atoms with Crippen LogP contribution in [0.5, 0.6) is 0 Å². The molecule has 2 atom stereocenters. The molecular formula is C31H43N5O6.